The van der Waals surface area contributed by atoms with Crippen LogP contribution in [-0.2, 0) is 9.59 Å². The number of hydrogen-bond acceptors (Lipinski definition) is 5. The van der Waals surface area contributed by atoms with Gasteiger partial charge < -0.3 is 10.6 Å². The van der Waals surface area contributed by atoms with Crippen molar-refractivity contribution in [1.82, 2.24) is 14.6 Å². The molecule has 1 aliphatic carbocycles. The SMILES string of the molecule is O=C(Nc1ccc(Nc2cc(Cl)nn3ccnc23)cc1)C1=CC=CC(c2ccc(F)cc2)C1=O. The number of anilines is 3. The van der Waals surface area contributed by atoms with Gasteiger partial charge in [-0.1, -0.05) is 35.9 Å². The van der Waals surface area contributed by atoms with Crippen molar-refractivity contribution in [3.63, 3.8) is 0 Å². The molecule has 5 rings (SSSR count). The summed E-state index contributed by atoms with van der Waals surface area (Å²) in [7, 11) is 0. The molecular formula is C25H17ClFN5O2. The zero-order chi connectivity index (χ0) is 23.7. The summed E-state index contributed by atoms with van der Waals surface area (Å²) in [5, 5.41) is 10.4. The molecule has 2 heterocycles. The number of amides is 1. The van der Waals surface area contributed by atoms with Gasteiger partial charge in [0.15, 0.2) is 16.6 Å². The van der Waals surface area contributed by atoms with Gasteiger partial charge in [-0.25, -0.2) is 13.9 Å². The smallest absolute Gasteiger partial charge is 0.259 e. The van der Waals surface area contributed by atoms with Crippen LogP contribution >= 0.6 is 11.6 Å². The molecule has 0 radical (unpaired) electrons. The first-order valence-electron chi connectivity index (χ1n) is 10.3. The first-order chi connectivity index (χ1) is 16.5. The summed E-state index contributed by atoms with van der Waals surface area (Å²) in [6, 6.07) is 14.3. The quantitative estimate of drug-likeness (QED) is 0.396. The molecule has 9 heteroatoms. The van der Waals surface area contributed by atoms with Gasteiger partial charge >= 0.3 is 0 Å². The van der Waals surface area contributed by atoms with Gasteiger partial charge in [0.25, 0.3) is 5.91 Å². The number of Topliss-reactive ketones (excluding diaryl/α,β-unsaturated/α-hetero) is 1. The fraction of sp³-hybridized carbons (Fsp3) is 0.0400. The minimum absolute atomic E-state index is 0.0344. The lowest BCUT2D eigenvalue weighted by molar-refractivity contribution is -0.120. The van der Waals surface area contributed by atoms with E-state index in [4.69, 9.17) is 11.6 Å². The lowest BCUT2D eigenvalue weighted by Crippen LogP contribution is -2.25. The Kier molecular flexibility index (Phi) is 5.65. The predicted octanol–water partition coefficient (Wildman–Crippen LogP) is 5.05. The number of hydrogen-bond donors (Lipinski definition) is 2. The van der Waals surface area contributed by atoms with Crippen LogP contribution in [0.25, 0.3) is 5.65 Å². The number of rotatable bonds is 5. The maximum atomic E-state index is 13.2. The second kappa shape index (κ2) is 8.92. The summed E-state index contributed by atoms with van der Waals surface area (Å²) >= 11 is 6.07. The van der Waals surface area contributed by atoms with E-state index in [1.54, 1.807) is 71.5 Å². The van der Waals surface area contributed by atoms with Crippen LogP contribution in [0.4, 0.5) is 21.5 Å². The van der Waals surface area contributed by atoms with Crippen LogP contribution in [0.5, 0.6) is 0 Å². The Morgan fingerprint density at radius 3 is 2.56 bits per heavy atom. The monoisotopic (exact) mass is 473 g/mol. The number of imidazole rings is 1. The number of halogens is 2. The average Bonchev–Trinajstić information content (AvgIpc) is 3.30. The van der Waals surface area contributed by atoms with E-state index in [0.717, 1.165) is 5.69 Å². The van der Waals surface area contributed by atoms with Gasteiger partial charge in [0, 0.05) is 29.8 Å². The normalized spacial score (nSPS) is 15.3. The highest BCUT2D eigenvalue weighted by molar-refractivity contribution is 6.29. The lowest BCUT2D eigenvalue weighted by Gasteiger charge is -2.17. The van der Waals surface area contributed by atoms with E-state index >= 15 is 0 Å². The molecule has 2 N–H and O–H groups in total. The van der Waals surface area contributed by atoms with E-state index in [1.807, 2.05) is 0 Å². The van der Waals surface area contributed by atoms with Crippen molar-refractivity contribution in [2.24, 2.45) is 0 Å². The minimum Gasteiger partial charge on any atom is -0.352 e. The molecular weight excluding hydrogens is 457 g/mol. The Morgan fingerprint density at radius 1 is 1.06 bits per heavy atom. The van der Waals surface area contributed by atoms with E-state index in [0.29, 0.717) is 27.7 Å². The Morgan fingerprint density at radius 2 is 1.79 bits per heavy atom. The van der Waals surface area contributed by atoms with Crippen molar-refractivity contribution < 1.29 is 14.0 Å². The summed E-state index contributed by atoms with van der Waals surface area (Å²) < 4.78 is 14.8. The highest BCUT2D eigenvalue weighted by Gasteiger charge is 2.28. The molecule has 0 fully saturated rings. The number of nitrogens with zero attached hydrogens (tertiary/aromatic N) is 3. The van der Waals surface area contributed by atoms with Crippen LogP contribution in [0.1, 0.15) is 11.5 Å². The van der Waals surface area contributed by atoms with E-state index in [2.05, 4.69) is 20.7 Å². The molecule has 168 valence electrons. The summed E-state index contributed by atoms with van der Waals surface area (Å²) in [5.74, 6) is -1.88. The number of aromatic nitrogens is 3. The number of allylic oxidation sites excluding steroid dienone is 3. The minimum atomic E-state index is -0.635. The third-order valence-electron chi connectivity index (χ3n) is 5.34. The molecule has 1 aliphatic rings. The van der Waals surface area contributed by atoms with E-state index in [1.165, 1.54) is 18.2 Å². The molecule has 2 aromatic carbocycles. The van der Waals surface area contributed by atoms with Crippen molar-refractivity contribution >= 4 is 46.0 Å². The third kappa shape index (κ3) is 4.31. The second-order valence-corrected chi connectivity index (χ2v) is 7.98. The largest absolute Gasteiger partial charge is 0.352 e. The topological polar surface area (TPSA) is 88.4 Å². The van der Waals surface area contributed by atoms with Crippen molar-refractivity contribution in [2.75, 3.05) is 10.6 Å². The molecule has 1 amide bonds. The van der Waals surface area contributed by atoms with E-state index in [-0.39, 0.29) is 17.2 Å². The van der Waals surface area contributed by atoms with Gasteiger partial charge in [-0.05, 0) is 48.0 Å². The van der Waals surface area contributed by atoms with Crippen LogP contribution < -0.4 is 10.6 Å². The fourth-order valence-corrected chi connectivity index (χ4v) is 3.88. The number of ketones is 1. The fourth-order valence-electron chi connectivity index (χ4n) is 3.69. The number of nitrogens with one attached hydrogen (secondary N) is 2. The van der Waals surface area contributed by atoms with Crippen LogP contribution in [0, 0.1) is 5.82 Å². The molecule has 4 aromatic rings. The Balaban J connectivity index is 1.28. The molecule has 0 bridgehead atoms. The van der Waals surface area contributed by atoms with Crippen molar-refractivity contribution in [3.8, 4) is 0 Å². The van der Waals surface area contributed by atoms with Gasteiger partial charge in [-0.2, -0.15) is 5.10 Å². The zero-order valence-corrected chi connectivity index (χ0v) is 18.3. The van der Waals surface area contributed by atoms with Crippen molar-refractivity contribution in [1.29, 1.82) is 0 Å². The van der Waals surface area contributed by atoms with Gasteiger partial charge in [-0.15, -0.1) is 0 Å². The van der Waals surface area contributed by atoms with Gasteiger partial charge in [0.05, 0.1) is 17.2 Å². The maximum absolute atomic E-state index is 13.2. The molecule has 1 atom stereocenters. The average molecular weight is 474 g/mol. The van der Waals surface area contributed by atoms with Crippen LogP contribution in [0.15, 0.2) is 90.8 Å². The molecule has 0 spiro atoms. The zero-order valence-electron chi connectivity index (χ0n) is 17.6. The van der Waals surface area contributed by atoms with Crippen LogP contribution in [-0.4, -0.2) is 26.3 Å². The summed E-state index contributed by atoms with van der Waals surface area (Å²) in [5.41, 5.74) is 3.23. The first kappa shape index (κ1) is 21.5. The molecule has 2 aromatic heterocycles. The summed E-state index contributed by atoms with van der Waals surface area (Å²) in [6.07, 6.45) is 8.15. The Bertz CT molecular complexity index is 1460. The summed E-state index contributed by atoms with van der Waals surface area (Å²) in [6.45, 7) is 0. The van der Waals surface area contributed by atoms with Crippen LogP contribution in [0.3, 0.4) is 0 Å². The lowest BCUT2D eigenvalue weighted by atomic mass is 9.86. The summed E-state index contributed by atoms with van der Waals surface area (Å²) in [4.78, 5) is 30.0. The highest BCUT2D eigenvalue weighted by atomic mass is 35.5. The number of carbonyl (C=O) groups excluding carboxylic acids is 2. The van der Waals surface area contributed by atoms with Crippen molar-refractivity contribution in [3.05, 3.63) is 107 Å². The van der Waals surface area contributed by atoms with Crippen LogP contribution in [0.2, 0.25) is 5.15 Å². The predicted molar refractivity (Wildman–Crippen MR) is 128 cm³/mol. The second-order valence-electron chi connectivity index (χ2n) is 7.59. The molecule has 0 saturated carbocycles. The Hall–Kier alpha value is -4.30. The Labute approximate surface area is 198 Å². The maximum Gasteiger partial charge on any atom is 0.259 e. The number of fused-ring (bicyclic) bond motifs is 1. The third-order valence-corrected chi connectivity index (χ3v) is 5.52. The van der Waals surface area contributed by atoms with Gasteiger partial charge in [0.1, 0.15) is 5.82 Å². The van der Waals surface area contributed by atoms with Gasteiger partial charge in [0.2, 0.25) is 0 Å². The number of benzene rings is 2. The molecule has 0 aliphatic heterocycles. The molecule has 1 unspecified atom stereocenters. The standard InChI is InChI=1S/C25H17ClFN5O2/c26-22-14-21(24-28-12-13-32(24)31-22)29-17-8-10-18(11-9-17)30-25(34)20-3-1-2-19(23(20)33)15-4-6-16(27)7-5-15/h1-14,19,29H,(H,30,34). The molecule has 34 heavy (non-hydrogen) atoms. The highest BCUT2D eigenvalue weighted by Crippen LogP contribution is 2.27. The molecule has 0 saturated heterocycles. The first-order valence-corrected chi connectivity index (χ1v) is 10.7. The van der Waals surface area contributed by atoms with Gasteiger partial charge in [-0.3, -0.25) is 9.59 Å². The number of carbonyl (C=O) groups is 2. The van der Waals surface area contributed by atoms with E-state index < -0.39 is 11.8 Å². The molecule has 7 nitrogen and oxygen atoms in total. The van der Waals surface area contributed by atoms with E-state index in [9.17, 15) is 14.0 Å². The van der Waals surface area contributed by atoms with Crippen molar-refractivity contribution in [2.45, 2.75) is 5.92 Å².